The van der Waals surface area contributed by atoms with Crippen molar-refractivity contribution in [1.29, 1.82) is 0 Å². The summed E-state index contributed by atoms with van der Waals surface area (Å²) in [5.74, 6) is 0.160. The van der Waals surface area contributed by atoms with Gasteiger partial charge in [0.15, 0.2) is 0 Å². The molecule has 2 fully saturated rings. The molecule has 0 saturated carbocycles. The number of hydrogen-bond acceptors (Lipinski definition) is 6. The number of carbonyl (C=O) groups is 1. The maximum absolute atomic E-state index is 12.2. The van der Waals surface area contributed by atoms with Crippen LogP contribution in [0.5, 0.6) is 0 Å². The van der Waals surface area contributed by atoms with Gasteiger partial charge in [-0.3, -0.25) is 4.79 Å². The molecule has 1 spiro atoms. The van der Waals surface area contributed by atoms with E-state index in [0.29, 0.717) is 26.1 Å². The van der Waals surface area contributed by atoms with Crippen LogP contribution in [0.2, 0.25) is 0 Å². The fourth-order valence-corrected chi connectivity index (χ4v) is 3.36. The number of carbonyl (C=O) groups excluding carboxylic acids is 1. The monoisotopic (exact) mass is 309 g/mol. The summed E-state index contributed by atoms with van der Waals surface area (Å²) in [5.41, 5.74) is -0.415. The summed E-state index contributed by atoms with van der Waals surface area (Å²) in [4.78, 5) is 14.1. The van der Waals surface area contributed by atoms with Crippen LogP contribution in [0.1, 0.15) is 38.5 Å². The number of rotatable bonds is 4. The van der Waals surface area contributed by atoms with E-state index >= 15 is 0 Å². The Morgan fingerprint density at radius 2 is 2.23 bits per heavy atom. The van der Waals surface area contributed by atoms with E-state index in [1.807, 2.05) is 4.90 Å². The Bertz CT molecular complexity index is 485. The highest BCUT2D eigenvalue weighted by atomic mass is 16.5. The zero-order chi connectivity index (χ0) is 15.4. The van der Waals surface area contributed by atoms with Crippen molar-refractivity contribution in [2.24, 2.45) is 0 Å². The molecular formula is C14H23N5O3. The van der Waals surface area contributed by atoms with Crippen LogP contribution in [0.3, 0.4) is 0 Å². The minimum atomic E-state index is -0.415. The number of aliphatic hydroxyl groups excluding tert-OH is 1. The second-order valence-electron chi connectivity index (χ2n) is 6.13. The Morgan fingerprint density at radius 1 is 1.41 bits per heavy atom. The number of tetrazole rings is 1. The maximum atomic E-state index is 12.2. The van der Waals surface area contributed by atoms with E-state index in [0.717, 1.165) is 38.7 Å². The van der Waals surface area contributed by atoms with Crippen molar-refractivity contribution in [3.63, 3.8) is 0 Å². The molecule has 1 aromatic rings. The molecule has 122 valence electrons. The molecule has 8 nitrogen and oxygen atoms in total. The van der Waals surface area contributed by atoms with Gasteiger partial charge in [-0.25, -0.2) is 4.68 Å². The predicted molar refractivity (Wildman–Crippen MR) is 76.8 cm³/mol. The van der Waals surface area contributed by atoms with Crippen LogP contribution in [-0.2, 0) is 16.1 Å². The van der Waals surface area contributed by atoms with Crippen LogP contribution in [-0.4, -0.2) is 67.5 Å². The minimum absolute atomic E-state index is 0.160. The molecule has 0 aromatic carbocycles. The summed E-state index contributed by atoms with van der Waals surface area (Å²) in [6.07, 6.45) is 5.57. The topological polar surface area (TPSA) is 93.4 Å². The fourth-order valence-electron chi connectivity index (χ4n) is 3.36. The fraction of sp³-hybridized carbons (Fsp3) is 0.857. The number of likely N-dealkylation sites (tertiary alicyclic amines) is 1. The third-order valence-corrected chi connectivity index (χ3v) is 4.75. The van der Waals surface area contributed by atoms with Crippen LogP contribution < -0.4 is 0 Å². The third kappa shape index (κ3) is 3.27. The first-order valence-corrected chi connectivity index (χ1v) is 8.00. The largest absolute Gasteiger partial charge is 0.390 e. The number of aryl methyl sites for hydroxylation is 1. The smallest absolute Gasteiger partial charge is 0.222 e. The zero-order valence-corrected chi connectivity index (χ0v) is 12.7. The Balaban J connectivity index is 1.43. The van der Waals surface area contributed by atoms with Crippen LogP contribution in [0.15, 0.2) is 6.33 Å². The molecule has 2 aliphatic rings. The molecule has 22 heavy (non-hydrogen) atoms. The lowest BCUT2D eigenvalue weighted by molar-refractivity contribution is -0.179. The van der Waals surface area contributed by atoms with Crippen molar-refractivity contribution in [1.82, 2.24) is 25.1 Å². The van der Waals surface area contributed by atoms with E-state index in [-0.39, 0.29) is 5.91 Å². The first-order valence-electron chi connectivity index (χ1n) is 8.00. The second-order valence-corrected chi connectivity index (χ2v) is 6.13. The number of aliphatic hydroxyl groups is 1. The molecule has 0 unspecified atom stereocenters. The van der Waals surface area contributed by atoms with Gasteiger partial charge < -0.3 is 14.7 Å². The molecule has 0 radical (unpaired) electrons. The summed E-state index contributed by atoms with van der Waals surface area (Å²) in [5, 5.41) is 21.1. The quantitative estimate of drug-likeness (QED) is 0.840. The molecule has 1 atom stereocenters. The van der Waals surface area contributed by atoms with Gasteiger partial charge in [-0.2, -0.15) is 0 Å². The van der Waals surface area contributed by atoms with Crippen LogP contribution in [0.4, 0.5) is 0 Å². The molecule has 1 aromatic heterocycles. The summed E-state index contributed by atoms with van der Waals surface area (Å²) >= 11 is 0. The standard InChI is InChI=1S/C14H23N5O3/c20-12-3-2-10-22-14(12)5-8-18(9-6-14)13(21)4-1-7-19-11-15-16-17-19/h11-12,20H,1-10H2/t12-/m0/s1. The number of amides is 1. The van der Waals surface area contributed by atoms with Gasteiger partial charge in [0.2, 0.25) is 5.91 Å². The summed E-state index contributed by atoms with van der Waals surface area (Å²) in [6, 6.07) is 0. The molecule has 0 aliphatic carbocycles. The van der Waals surface area contributed by atoms with E-state index < -0.39 is 11.7 Å². The van der Waals surface area contributed by atoms with Crippen molar-refractivity contribution in [3.8, 4) is 0 Å². The highest BCUT2D eigenvalue weighted by molar-refractivity contribution is 5.76. The van der Waals surface area contributed by atoms with Gasteiger partial charge in [-0.15, -0.1) is 5.10 Å². The van der Waals surface area contributed by atoms with Crippen molar-refractivity contribution in [2.45, 2.75) is 56.8 Å². The van der Waals surface area contributed by atoms with Gasteiger partial charge in [0.1, 0.15) is 6.33 Å². The predicted octanol–water partition coefficient (Wildman–Crippen LogP) is -0.0142. The first kappa shape index (κ1) is 15.4. The van der Waals surface area contributed by atoms with Crippen molar-refractivity contribution in [3.05, 3.63) is 6.33 Å². The Morgan fingerprint density at radius 3 is 2.91 bits per heavy atom. The zero-order valence-electron chi connectivity index (χ0n) is 12.7. The molecule has 1 amide bonds. The van der Waals surface area contributed by atoms with Crippen molar-refractivity contribution < 1.29 is 14.6 Å². The van der Waals surface area contributed by atoms with Crippen LogP contribution in [0.25, 0.3) is 0 Å². The molecule has 3 heterocycles. The van der Waals surface area contributed by atoms with Crippen molar-refractivity contribution in [2.75, 3.05) is 19.7 Å². The number of hydrogen-bond donors (Lipinski definition) is 1. The molecule has 3 rings (SSSR count). The van der Waals surface area contributed by atoms with E-state index in [1.54, 1.807) is 11.0 Å². The molecule has 1 N–H and O–H groups in total. The number of nitrogens with zero attached hydrogens (tertiary/aromatic N) is 5. The Hall–Kier alpha value is -1.54. The van der Waals surface area contributed by atoms with Gasteiger partial charge in [0.25, 0.3) is 0 Å². The Labute approximate surface area is 129 Å². The van der Waals surface area contributed by atoms with Gasteiger partial charge in [0.05, 0.1) is 11.7 Å². The molecule has 0 bridgehead atoms. The third-order valence-electron chi connectivity index (χ3n) is 4.75. The van der Waals surface area contributed by atoms with Gasteiger partial charge in [-0.05, 0) is 42.5 Å². The number of ether oxygens (including phenoxy) is 1. The van der Waals surface area contributed by atoms with Gasteiger partial charge in [0, 0.05) is 32.7 Å². The summed E-state index contributed by atoms with van der Waals surface area (Å²) in [7, 11) is 0. The minimum Gasteiger partial charge on any atom is -0.390 e. The van der Waals surface area contributed by atoms with E-state index in [1.165, 1.54) is 0 Å². The molecule has 8 heteroatoms. The molecule has 2 aliphatic heterocycles. The summed E-state index contributed by atoms with van der Waals surface area (Å²) < 4.78 is 7.49. The number of aromatic nitrogens is 4. The summed E-state index contributed by atoms with van der Waals surface area (Å²) in [6.45, 7) is 2.71. The van der Waals surface area contributed by atoms with Gasteiger partial charge in [-0.1, -0.05) is 0 Å². The highest BCUT2D eigenvalue weighted by Crippen LogP contribution is 2.35. The highest BCUT2D eigenvalue weighted by Gasteiger charge is 2.44. The first-order chi connectivity index (χ1) is 10.7. The van der Waals surface area contributed by atoms with E-state index in [9.17, 15) is 9.90 Å². The lowest BCUT2D eigenvalue weighted by atomic mass is 9.82. The normalized spacial score (nSPS) is 24.6. The van der Waals surface area contributed by atoms with E-state index in [2.05, 4.69) is 15.5 Å². The lowest BCUT2D eigenvalue weighted by Crippen LogP contribution is -2.56. The Kier molecular flexibility index (Phi) is 4.68. The van der Waals surface area contributed by atoms with E-state index in [4.69, 9.17) is 4.74 Å². The average molecular weight is 309 g/mol. The SMILES string of the molecule is O=C(CCCn1cnnn1)N1CCC2(CC1)OCCC[C@@H]2O. The lowest BCUT2D eigenvalue weighted by Gasteiger charge is -2.46. The molecular weight excluding hydrogens is 286 g/mol. The maximum Gasteiger partial charge on any atom is 0.222 e. The average Bonchev–Trinajstić information content (AvgIpc) is 3.04. The van der Waals surface area contributed by atoms with Gasteiger partial charge >= 0.3 is 0 Å². The van der Waals surface area contributed by atoms with Crippen LogP contribution in [0, 0.1) is 0 Å². The number of piperidine rings is 1. The molecule has 2 saturated heterocycles. The second kappa shape index (κ2) is 6.70. The van der Waals surface area contributed by atoms with Crippen LogP contribution >= 0.6 is 0 Å². The van der Waals surface area contributed by atoms with Crippen molar-refractivity contribution >= 4 is 5.91 Å².